The lowest BCUT2D eigenvalue weighted by Gasteiger charge is -1.79. The lowest BCUT2D eigenvalue weighted by molar-refractivity contribution is 0.555. The van der Waals surface area contributed by atoms with E-state index in [9.17, 15) is 0 Å². The molecule has 0 bridgehead atoms. The van der Waals surface area contributed by atoms with E-state index in [0.29, 0.717) is 5.89 Å². The van der Waals surface area contributed by atoms with Gasteiger partial charge >= 0.3 is 0 Å². The van der Waals surface area contributed by atoms with Crippen LogP contribution in [0, 0.1) is 0 Å². The SMILES string of the molecule is c1cc(-c2nnco2)co1. The molecule has 0 saturated heterocycles. The Morgan fingerprint density at radius 1 is 1.40 bits per heavy atom. The number of rotatable bonds is 1. The summed E-state index contributed by atoms with van der Waals surface area (Å²) in [6, 6.07) is 1.76. The monoisotopic (exact) mass is 136 g/mol. The maximum absolute atomic E-state index is 4.90. The summed E-state index contributed by atoms with van der Waals surface area (Å²) in [6.07, 6.45) is 4.38. The molecule has 0 spiro atoms. The zero-order chi connectivity index (χ0) is 6.81. The highest BCUT2D eigenvalue weighted by Gasteiger charge is 2.02. The third kappa shape index (κ3) is 0.699. The van der Waals surface area contributed by atoms with Gasteiger partial charge in [-0.3, -0.25) is 0 Å². The molecule has 2 aromatic rings. The van der Waals surface area contributed by atoms with E-state index in [1.807, 2.05) is 0 Å². The summed E-state index contributed by atoms with van der Waals surface area (Å²) in [5, 5.41) is 7.20. The summed E-state index contributed by atoms with van der Waals surface area (Å²) in [7, 11) is 0. The number of nitrogens with zero attached hydrogens (tertiary/aromatic N) is 2. The zero-order valence-electron chi connectivity index (χ0n) is 5.02. The fourth-order valence-corrected chi connectivity index (χ4v) is 0.685. The Bertz CT molecular complexity index is 253. The van der Waals surface area contributed by atoms with Crippen LogP contribution in [0.4, 0.5) is 0 Å². The first-order valence-corrected chi connectivity index (χ1v) is 2.75. The fourth-order valence-electron chi connectivity index (χ4n) is 0.685. The molecule has 50 valence electrons. The van der Waals surface area contributed by atoms with Gasteiger partial charge in [-0.2, -0.15) is 0 Å². The minimum absolute atomic E-state index is 0.480. The van der Waals surface area contributed by atoms with Gasteiger partial charge in [0.05, 0.1) is 11.8 Å². The van der Waals surface area contributed by atoms with Gasteiger partial charge < -0.3 is 8.83 Å². The molecule has 4 nitrogen and oxygen atoms in total. The molecule has 0 fully saturated rings. The number of hydrogen-bond acceptors (Lipinski definition) is 4. The summed E-state index contributed by atoms with van der Waals surface area (Å²) in [4.78, 5) is 0. The maximum Gasteiger partial charge on any atom is 0.250 e. The lowest BCUT2D eigenvalue weighted by Crippen LogP contribution is -1.70. The summed E-state index contributed by atoms with van der Waals surface area (Å²) in [6.45, 7) is 0. The van der Waals surface area contributed by atoms with Crippen LogP contribution in [0.3, 0.4) is 0 Å². The molecule has 2 heterocycles. The summed E-state index contributed by atoms with van der Waals surface area (Å²) in [5.41, 5.74) is 0.803. The highest BCUT2D eigenvalue weighted by Crippen LogP contribution is 2.14. The number of hydrogen-bond donors (Lipinski definition) is 0. The van der Waals surface area contributed by atoms with Crippen molar-refractivity contribution in [2.24, 2.45) is 0 Å². The second-order valence-electron chi connectivity index (χ2n) is 1.76. The van der Waals surface area contributed by atoms with Crippen molar-refractivity contribution in [3.05, 3.63) is 25.0 Å². The number of aromatic nitrogens is 2. The van der Waals surface area contributed by atoms with Gasteiger partial charge in [-0.15, -0.1) is 10.2 Å². The van der Waals surface area contributed by atoms with Crippen LogP contribution >= 0.6 is 0 Å². The smallest absolute Gasteiger partial charge is 0.250 e. The number of furan rings is 1. The maximum atomic E-state index is 4.90. The molecule has 0 N–H and O–H groups in total. The second kappa shape index (κ2) is 1.98. The van der Waals surface area contributed by atoms with Crippen molar-refractivity contribution in [1.29, 1.82) is 0 Å². The van der Waals surface area contributed by atoms with Gasteiger partial charge in [0.1, 0.15) is 6.26 Å². The molecule has 0 amide bonds. The van der Waals surface area contributed by atoms with E-state index in [1.54, 1.807) is 18.6 Å². The minimum Gasteiger partial charge on any atom is -0.472 e. The van der Waals surface area contributed by atoms with Crippen molar-refractivity contribution < 1.29 is 8.83 Å². The molecule has 10 heavy (non-hydrogen) atoms. The van der Waals surface area contributed by atoms with Crippen LogP contribution in [-0.2, 0) is 0 Å². The first-order chi connectivity index (χ1) is 4.97. The van der Waals surface area contributed by atoms with Crippen LogP contribution in [0.25, 0.3) is 11.5 Å². The van der Waals surface area contributed by atoms with Crippen LogP contribution in [0.1, 0.15) is 0 Å². The van der Waals surface area contributed by atoms with Crippen molar-refractivity contribution in [3.8, 4) is 11.5 Å². The summed E-state index contributed by atoms with van der Waals surface area (Å²) >= 11 is 0. The van der Waals surface area contributed by atoms with E-state index in [4.69, 9.17) is 8.83 Å². The molecule has 0 aliphatic rings. The van der Waals surface area contributed by atoms with Gasteiger partial charge in [0.15, 0.2) is 0 Å². The normalized spacial score (nSPS) is 10.0. The first-order valence-electron chi connectivity index (χ1n) is 2.75. The first kappa shape index (κ1) is 5.22. The average molecular weight is 136 g/mol. The van der Waals surface area contributed by atoms with Crippen molar-refractivity contribution in [2.75, 3.05) is 0 Å². The molecule has 0 unspecified atom stereocenters. The Balaban J connectivity index is 2.48. The molecule has 0 atom stereocenters. The fraction of sp³-hybridized carbons (Fsp3) is 0. The molecule has 0 aliphatic carbocycles. The standard InChI is InChI=1S/C6H4N2O2/c1-2-9-3-5(1)6-8-7-4-10-6/h1-4H. The zero-order valence-corrected chi connectivity index (χ0v) is 5.02. The molecule has 2 rings (SSSR count). The average Bonchev–Trinajstić information content (AvgIpc) is 2.59. The van der Waals surface area contributed by atoms with Crippen LogP contribution < -0.4 is 0 Å². The van der Waals surface area contributed by atoms with Gasteiger partial charge in [0, 0.05) is 0 Å². The third-order valence-electron chi connectivity index (χ3n) is 1.13. The Kier molecular flexibility index (Phi) is 1.04. The highest BCUT2D eigenvalue weighted by atomic mass is 16.4. The quantitative estimate of drug-likeness (QED) is 0.593. The van der Waals surface area contributed by atoms with Gasteiger partial charge in [0.2, 0.25) is 6.39 Å². The summed E-state index contributed by atoms with van der Waals surface area (Å²) in [5.74, 6) is 0.480. The molecule has 2 aromatic heterocycles. The largest absolute Gasteiger partial charge is 0.472 e. The topological polar surface area (TPSA) is 52.1 Å². The highest BCUT2D eigenvalue weighted by molar-refractivity contribution is 5.48. The minimum atomic E-state index is 0.480. The third-order valence-corrected chi connectivity index (χ3v) is 1.13. The Labute approximate surface area is 56.5 Å². The van der Waals surface area contributed by atoms with E-state index in [2.05, 4.69) is 10.2 Å². The van der Waals surface area contributed by atoms with Crippen molar-refractivity contribution >= 4 is 0 Å². The van der Waals surface area contributed by atoms with Crippen molar-refractivity contribution in [2.45, 2.75) is 0 Å². The van der Waals surface area contributed by atoms with Crippen LogP contribution in [0.5, 0.6) is 0 Å². The molecular formula is C6H4N2O2. The van der Waals surface area contributed by atoms with Crippen LogP contribution in [-0.4, -0.2) is 10.2 Å². The lowest BCUT2D eigenvalue weighted by atomic mass is 10.3. The van der Waals surface area contributed by atoms with Crippen LogP contribution in [0.2, 0.25) is 0 Å². The van der Waals surface area contributed by atoms with E-state index < -0.39 is 0 Å². The van der Waals surface area contributed by atoms with E-state index in [0.717, 1.165) is 5.56 Å². The Morgan fingerprint density at radius 2 is 2.40 bits per heavy atom. The molecular weight excluding hydrogens is 132 g/mol. The van der Waals surface area contributed by atoms with Gasteiger partial charge in [-0.25, -0.2) is 0 Å². The molecule has 4 heteroatoms. The predicted octanol–water partition coefficient (Wildman–Crippen LogP) is 1.33. The Hall–Kier alpha value is -1.58. The van der Waals surface area contributed by atoms with Crippen molar-refractivity contribution in [3.63, 3.8) is 0 Å². The van der Waals surface area contributed by atoms with Gasteiger partial charge in [0.25, 0.3) is 5.89 Å². The van der Waals surface area contributed by atoms with E-state index >= 15 is 0 Å². The predicted molar refractivity (Wildman–Crippen MR) is 32.0 cm³/mol. The second-order valence-corrected chi connectivity index (χ2v) is 1.76. The van der Waals surface area contributed by atoms with Crippen molar-refractivity contribution in [1.82, 2.24) is 10.2 Å². The molecule has 0 radical (unpaired) electrons. The molecule has 0 aromatic carbocycles. The van der Waals surface area contributed by atoms with Gasteiger partial charge in [-0.1, -0.05) is 0 Å². The van der Waals surface area contributed by atoms with E-state index in [1.165, 1.54) is 6.39 Å². The van der Waals surface area contributed by atoms with E-state index in [-0.39, 0.29) is 0 Å². The molecule has 0 aliphatic heterocycles. The Morgan fingerprint density at radius 3 is 3.00 bits per heavy atom. The summed E-state index contributed by atoms with van der Waals surface area (Å²) < 4.78 is 9.71. The van der Waals surface area contributed by atoms with Gasteiger partial charge in [-0.05, 0) is 6.07 Å². The molecule has 0 saturated carbocycles. The van der Waals surface area contributed by atoms with Crippen LogP contribution in [0.15, 0.2) is 33.8 Å².